The highest BCUT2D eigenvalue weighted by molar-refractivity contribution is 7.99. The minimum absolute atomic E-state index is 0.0662. The van der Waals surface area contributed by atoms with Crippen LogP contribution in [-0.2, 0) is 9.59 Å². The smallest absolute Gasteiger partial charge is 0.227 e. The summed E-state index contributed by atoms with van der Waals surface area (Å²) < 4.78 is 14.4. The Bertz CT molecular complexity index is 915. The van der Waals surface area contributed by atoms with Gasteiger partial charge in [-0.2, -0.15) is 0 Å². The molecule has 0 aliphatic carbocycles. The summed E-state index contributed by atoms with van der Waals surface area (Å²) in [6.45, 7) is 2.37. The maximum atomic E-state index is 14.4. The van der Waals surface area contributed by atoms with Crippen molar-refractivity contribution in [3.63, 3.8) is 0 Å². The molecule has 29 heavy (non-hydrogen) atoms. The fraction of sp³-hybridized carbons (Fsp3) is 0.364. The largest absolute Gasteiger partial charge is 0.369 e. The molecule has 0 bridgehead atoms. The van der Waals surface area contributed by atoms with Gasteiger partial charge in [-0.25, -0.2) is 4.39 Å². The molecular formula is C22H24FN3O2S. The highest BCUT2D eigenvalue weighted by Gasteiger charge is 2.23. The summed E-state index contributed by atoms with van der Waals surface area (Å²) in [7, 11) is 0. The molecule has 0 unspecified atom stereocenters. The quantitative estimate of drug-likeness (QED) is 0.795. The Morgan fingerprint density at radius 2 is 1.79 bits per heavy atom. The minimum Gasteiger partial charge on any atom is -0.369 e. The number of rotatable bonds is 5. The zero-order chi connectivity index (χ0) is 20.2. The third-order valence-corrected chi connectivity index (χ3v) is 6.32. The molecule has 0 radical (unpaired) electrons. The number of amides is 2. The van der Waals surface area contributed by atoms with Crippen LogP contribution in [0.2, 0.25) is 0 Å². The van der Waals surface area contributed by atoms with Gasteiger partial charge in [0.25, 0.3) is 0 Å². The van der Waals surface area contributed by atoms with Gasteiger partial charge in [0.1, 0.15) is 5.82 Å². The van der Waals surface area contributed by atoms with Crippen molar-refractivity contribution in [3.05, 3.63) is 48.3 Å². The number of halogens is 1. The van der Waals surface area contributed by atoms with Gasteiger partial charge in [0.15, 0.2) is 0 Å². The molecule has 0 aromatic heterocycles. The number of fused-ring (bicyclic) bond motifs is 1. The van der Waals surface area contributed by atoms with E-state index in [0.717, 1.165) is 42.3 Å². The number of para-hydroxylation sites is 1. The highest BCUT2D eigenvalue weighted by atomic mass is 32.2. The normalized spacial score (nSPS) is 15.9. The molecule has 2 aliphatic rings. The van der Waals surface area contributed by atoms with E-state index >= 15 is 0 Å². The number of hydrogen-bond acceptors (Lipinski definition) is 4. The van der Waals surface area contributed by atoms with Crippen LogP contribution < -0.4 is 15.1 Å². The monoisotopic (exact) mass is 413 g/mol. The molecule has 2 aromatic rings. The second-order valence-electron chi connectivity index (χ2n) is 7.27. The van der Waals surface area contributed by atoms with Crippen molar-refractivity contribution in [1.82, 2.24) is 0 Å². The summed E-state index contributed by atoms with van der Waals surface area (Å²) in [6, 6.07) is 12.6. The van der Waals surface area contributed by atoms with Crippen LogP contribution in [-0.4, -0.2) is 37.2 Å². The topological polar surface area (TPSA) is 52.7 Å². The Kier molecular flexibility index (Phi) is 6.04. The van der Waals surface area contributed by atoms with E-state index in [1.807, 2.05) is 29.2 Å². The van der Waals surface area contributed by atoms with Gasteiger partial charge < -0.3 is 15.1 Å². The third kappa shape index (κ3) is 4.56. The summed E-state index contributed by atoms with van der Waals surface area (Å²) in [4.78, 5) is 29.8. The Labute approximate surface area is 174 Å². The Balaban J connectivity index is 1.32. The van der Waals surface area contributed by atoms with E-state index in [1.165, 1.54) is 6.07 Å². The lowest BCUT2D eigenvalue weighted by Gasteiger charge is -2.29. The van der Waals surface area contributed by atoms with E-state index < -0.39 is 0 Å². The third-order valence-electron chi connectivity index (χ3n) is 5.27. The van der Waals surface area contributed by atoms with Crippen LogP contribution in [0.15, 0.2) is 47.4 Å². The molecule has 1 N–H and O–H groups in total. The minimum atomic E-state index is -0.330. The molecule has 5 nitrogen and oxygen atoms in total. The van der Waals surface area contributed by atoms with Gasteiger partial charge >= 0.3 is 0 Å². The van der Waals surface area contributed by atoms with Crippen molar-refractivity contribution in [1.29, 1.82) is 0 Å². The standard InChI is InChI=1S/C22H24FN3O2S/c23-17-15-16(7-8-18(17)25-11-3-4-12-25)24-21(27)9-10-22(28)26-13-14-29-20-6-2-1-5-19(20)26/h1-2,5-8,15H,3-4,9-14H2,(H,24,27). The first-order valence-electron chi connectivity index (χ1n) is 9.98. The number of nitrogens with zero attached hydrogens (tertiary/aromatic N) is 2. The van der Waals surface area contributed by atoms with E-state index in [2.05, 4.69) is 5.32 Å². The van der Waals surface area contributed by atoms with Crippen LogP contribution in [0.1, 0.15) is 25.7 Å². The van der Waals surface area contributed by atoms with Crippen LogP contribution in [0.3, 0.4) is 0 Å². The van der Waals surface area contributed by atoms with Crippen molar-refractivity contribution in [3.8, 4) is 0 Å². The van der Waals surface area contributed by atoms with E-state index in [9.17, 15) is 14.0 Å². The number of hydrogen-bond donors (Lipinski definition) is 1. The molecule has 4 rings (SSSR count). The van der Waals surface area contributed by atoms with E-state index in [4.69, 9.17) is 0 Å². The zero-order valence-corrected chi connectivity index (χ0v) is 17.0. The molecule has 2 heterocycles. The fourth-order valence-electron chi connectivity index (χ4n) is 3.81. The van der Waals surface area contributed by atoms with E-state index in [0.29, 0.717) is 17.9 Å². The van der Waals surface area contributed by atoms with Crippen LogP contribution in [0.4, 0.5) is 21.5 Å². The van der Waals surface area contributed by atoms with Crippen molar-refractivity contribution in [2.24, 2.45) is 0 Å². The van der Waals surface area contributed by atoms with Crippen LogP contribution in [0.25, 0.3) is 0 Å². The number of carbonyl (C=O) groups is 2. The average molecular weight is 414 g/mol. The second kappa shape index (κ2) is 8.86. The van der Waals surface area contributed by atoms with Gasteiger partial charge in [-0.15, -0.1) is 11.8 Å². The molecule has 2 aromatic carbocycles. The fourth-order valence-corrected chi connectivity index (χ4v) is 4.80. The molecule has 0 atom stereocenters. The van der Waals surface area contributed by atoms with Crippen molar-refractivity contribution < 1.29 is 14.0 Å². The summed E-state index contributed by atoms with van der Waals surface area (Å²) in [5.74, 6) is 0.162. The summed E-state index contributed by atoms with van der Waals surface area (Å²) in [5, 5.41) is 2.71. The van der Waals surface area contributed by atoms with Gasteiger partial charge in [0, 0.05) is 48.8 Å². The van der Waals surface area contributed by atoms with Crippen LogP contribution in [0.5, 0.6) is 0 Å². The maximum absolute atomic E-state index is 14.4. The molecule has 1 saturated heterocycles. The molecule has 1 fully saturated rings. The number of benzene rings is 2. The maximum Gasteiger partial charge on any atom is 0.227 e. The molecule has 152 valence electrons. The Hall–Kier alpha value is -2.54. The Morgan fingerprint density at radius 1 is 1.00 bits per heavy atom. The first-order valence-corrected chi connectivity index (χ1v) is 11.0. The van der Waals surface area contributed by atoms with Gasteiger partial charge in [0.2, 0.25) is 11.8 Å². The van der Waals surface area contributed by atoms with Crippen molar-refractivity contribution in [2.75, 3.05) is 40.5 Å². The lowest BCUT2D eigenvalue weighted by Crippen LogP contribution is -2.35. The summed E-state index contributed by atoms with van der Waals surface area (Å²) in [6.07, 6.45) is 2.34. The predicted molar refractivity (Wildman–Crippen MR) is 115 cm³/mol. The van der Waals surface area contributed by atoms with Crippen molar-refractivity contribution in [2.45, 2.75) is 30.6 Å². The van der Waals surface area contributed by atoms with Gasteiger partial charge in [-0.05, 0) is 43.2 Å². The molecule has 2 aliphatic heterocycles. The van der Waals surface area contributed by atoms with Crippen LogP contribution >= 0.6 is 11.8 Å². The van der Waals surface area contributed by atoms with Gasteiger partial charge in [0.05, 0.1) is 11.4 Å². The number of thioether (sulfide) groups is 1. The van der Waals surface area contributed by atoms with Crippen molar-refractivity contribution >= 4 is 40.6 Å². The predicted octanol–water partition coefficient (Wildman–Crippen LogP) is 4.28. The molecular weight excluding hydrogens is 389 g/mol. The zero-order valence-electron chi connectivity index (χ0n) is 16.2. The Morgan fingerprint density at radius 3 is 2.59 bits per heavy atom. The number of nitrogens with one attached hydrogen (secondary N) is 1. The molecule has 2 amide bonds. The average Bonchev–Trinajstić information content (AvgIpc) is 3.26. The summed E-state index contributed by atoms with van der Waals surface area (Å²) >= 11 is 1.74. The first-order chi connectivity index (χ1) is 14.1. The number of anilines is 3. The van der Waals surface area contributed by atoms with E-state index in [-0.39, 0.29) is 30.5 Å². The lowest BCUT2D eigenvalue weighted by atomic mass is 10.2. The molecule has 0 spiro atoms. The highest BCUT2D eigenvalue weighted by Crippen LogP contribution is 2.34. The van der Waals surface area contributed by atoms with Gasteiger partial charge in [-0.1, -0.05) is 12.1 Å². The molecule has 0 saturated carbocycles. The van der Waals surface area contributed by atoms with Gasteiger partial charge in [-0.3, -0.25) is 9.59 Å². The summed E-state index contributed by atoms with van der Waals surface area (Å²) in [5.41, 5.74) is 1.91. The SMILES string of the molecule is O=C(CCC(=O)N1CCSc2ccccc21)Nc1ccc(N2CCCC2)c(F)c1. The second-order valence-corrected chi connectivity index (χ2v) is 8.41. The van der Waals surface area contributed by atoms with Crippen LogP contribution in [0, 0.1) is 5.82 Å². The first kappa shape index (κ1) is 19.8. The molecule has 7 heteroatoms. The number of carbonyl (C=O) groups excluding carboxylic acids is 2. The lowest BCUT2D eigenvalue weighted by molar-refractivity contribution is -0.122. The van der Waals surface area contributed by atoms with E-state index in [1.54, 1.807) is 28.8 Å².